The molecule has 1 nitrogen and oxygen atoms in total. The molecule has 2 atom stereocenters. The molecule has 1 aliphatic rings. The number of halogens is 1. The molecule has 17 heavy (non-hydrogen) atoms. The number of hydrogen-bond acceptors (Lipinski definition) is 1. The summed E-state index contributed by atoms with van der Waals surface area (Å²) in [6.07, 6.45) is 6.55. The molecule has 1 aliphatic heterocycles. The van der Waals surface area contributed by atoms with Crippen molar-refractivity contribution in [3.05, 3.63) is 34.3 Å². The Morgan fingerprint density at radius 1 is 1.29 bits per heavy atom. The van der Waals surface area contributed by atoms with Crippen molar-refractivity contribution in [3.63, 3.8) is 0 Å². The minimum absolute atomic E-state index is 0.734. The minimum Gasteiger partial charge on any atom is -0.314 e. The lowest BCUT2D eigenvalue weighted by Crippen LogP contribution is -2.38. The van der Waals surface area contributed by atoms with Gasteiger partial charge < -0.3 is 5.32 Å². The van der Waals surface area contributed by atoms with Crippen molar-refractivity contribution >= 4 is 15.9 Å². The first-order chi connectivity index (χ1) is 8.28. The second-order valence-corrected chi connectivity index (χ2v) is 6.03. The lowest BCUT2D eigenvalue weighted by molar-refractivity contribution is 0.285. The second-order valence-electron chi connectivity index (χ2n) is 5.11. The van der Waals surface area contributed by atoms with Crippen molar-refractivity contribution in [1.29, 1.82) is 0 Å². The summed E-state index contributed by atoms with van der Waals surface area (Å²) in [5, 5.41) is 3.66. The molecule has 0 amide bonds. The maximum atomic E-state index is 3.66. The number of aryl methyl sites for hydroxylation is 1. The van der Waals surface area contributed by atoms with Crippen LogP contribution in [0.15, 0.2) is 28.7 Å². The van der Waals surface area contributed by atoms with Gasteiger partial charge in [-0.3, -0.25) is 0 Å². The van der Waals surface area contributed by atoms with Gasteiger partial charge in [0.05, 0.1) is 0 Å². The molecule has 1 heterocycles. The number of hydrogen-bond donors (Lipinski definition) is 1. The molecule has 0 radical (unpaired) electrons. The third kappa shape index (κ3) is 4.11. The van der Waals surface area contributed by atoms with Crippen LogP contribution in [-0.4, -0.2) is 12.6 Å². The Bertz CT molecular complexity index is 333. The molecule has 0 spiro atoms. The van der Waals surface area contributed by atoms with Crippen LogP contribution >= 0.6 is 15.9 Å². The van der Waals surface area contributed by atoms with Gasteiger partial charge in [0.25, 0.3) is 0 Å². The van der Waals surface area contributed by atoms with Gasteiger partial charge in [-0.25, -0.2) is 0 Å². The summed E-state index contributed by atoms with van der Waals surface area (Å²) in [5.74, 6) is 0.950. The van der Waals surface area contributed by atoms with Crippen molar-refractivity contribution < 1.29 is 0 Å². The van der Waals surface area contributed by atoms with E-state index in [2.05, 4.69) is 52.4 Å². The lowest BCUT2D eigenvalue weighted by Gasteiger charge is -2.29. The van der Waals surface area contributed by atoms with E-state index >= 15 is 0 Å². The fourth-order valence-electron chi connectivity index (χ4n) is 2.68. The van der Waals surface area contributed by atoms with E-state index in [9.17, 15) is 0 Å². The summed E-state index contributed by atoms with van der Waals surface area (Å²) < 4.78 is 1.17. The predicted octanol–water partition coefficient (Wildman–Crippen LogP) is 4.16. The van der Waals surface area contributed by atoms with Crippen molar-refractivity contribution in [3.8, 4) is 0 Å². The Kier molecular flexibility index (Phi) is 5.05. The van der Waals surface area contributed by atoms with Crippen LogP contribution in [0.5, 0.6) is 0 Å². The molecule has 0 aromatic heterocycles. The maximum absolute atomic E-state index is 3.66. The monoisotopic (exact) mass is 295 g/mol. The molecule has 2 rings (SSSR count). The molecule has 1 N–H and O–H groups in total. The standard InChI is InChI=1S/C15H22BrN/c1-2-12-9-10-17-15(11-12)8-5-13-3-6-14(16)7-4-13/h3-4,6-7,12,15,17H,2,5,8-11H2,1H3. The summed E-state index contributed by atoms with van der Waals surface area (Å²) in [6.45, 7) is 3.53. The average Bonchev–Trinajstić information content (AvgIpc) is 2.38. The smallest absolute Gasteiger partial charge is 0.0175 e. The van der Waals surface area contributed by atoms with Crippen LogP contribution in [0, 0.1) is 5.92 Å². The van der Waals surface area contributed by atoms with E-state index in [0.29, 0.717) is 0 Å². The zero-order valence-corrected chi connectivity index (χ0v) is 12.2. The summed E-state index contributed by atoms with van der Waals surface area (Å²) >= 11 is 3.48. The van der Waals surface area contributed by atoms with Crippen molar-refractivity contribution in [2.24, 2.45) is 5.92 Å². The SMILES string of the molecule is CCC1CCNC(CCc2ccc(Br)cc2)C1. The highest BCUT2D eigenvalue weighted by atomic mass is 79.9. The molecule has 94 valence electrons. The highest BCUT2D eigenvalue weighted by Gasteiger charge is 2.19. The van der Waals surface area contributed by atoms with Crippen LogP contribution in [0.1, 0.15) is 38.2 Å². The molecule has 0 saturated carbocycles. The molecule has 1 fully saturated rings. The van der Waals surface area contributed by atoms with Crippen LogP contribution in [0.2, 0.25) is 0 Å². The average molecular weight is 296 g/mol. The number of piperidine rings is 1. The van der Waals surface area contributed by atoms with Gasteiger partial charge in [-0.2, -0.15) is 0 Å². The minimum atomic E-state index is 0.734. The Hall–Kier alpha value is -0.340. The Morgan fingerprint density at radius 3 is 2.76 bits per heavy atom. The Balaban J connectivity index is 1.79. The van der Waals surface area contributed by atoms with Gasteiger partial charge in [0.1, 0.15) is 0 Å². The highest BCUT2D eigenvalue weighted by Crippen LogP contribution is 2.22. The van der Waals surface area contributed by atoms with Gasteiger partial charge in [-0.05, 0) is 55.8 Å². The molecule has 2 unspecified atom stereocenters. The van der Waals surface area contributed by atoms with Crippen LogP contribution in [0.25, 0.3) is 0 Å². The van der Waals surface area contributed by atoms with Crippen LogP contribution in [0.3, 0.4) is 0 Å². The first-order valence-electron chi connectivity index (χ1n) is 6.75. The summed E-state index contributed by atoms with van der Waals surface area (Å²) in [7, 11) is 0. The molecule has 1 saturated heterocycles. The van der Waals surface area contributed by atoms with E-state index < -0.39 is 0 Å². The van der Waals surface area contributed by atoms with Crippen molar-refractivity contribution in [2.75, 3.05) is 6.54 Å². The largest absolute Gasteiger partial charge is 0.314 e. The third-order valence-corrected chi connectivity index (χ3v) is 4.40. The predicted molar refractivity (Wildman–Crippen MR) is 77.3 cm³/mol. The van der Waals surface area contributed by atoms with E-state index in [1.165, 1.54) is 48.7 Å². The van der Waals surface area contributed by atoms with E-state index in [1.807, 2.05) is 0 Å². The summed E-state index contributed by atoms with van der Waals surface area (Å²) in [6, 6.07) is 9.46. The summed E-state index contributed by atoms with van der Waals surface area (Å²) in [5.41, 5.74) is 1.45. The molecule has 0 bridgehead atoms. The lowest BCUT2D eigenvalue weighted by atomic mass is 9.88. The normalized spacial score (nSPS) is 24.8. The molecular formula is C15H22BrN. The Morgan fingerprint density at radius 2 is 2.06 bits per heavy atom. The van der Waals surface area contributed by atoms with Gasteiger partial charge in [0.15, 0.2) is 0 Å². The maximum Gasteiger partial charge on any atom is 0.0175 e. The fraction of sp³-hybridized carbons (Fsp3) is 0.600. The van der Waals surface area contributed by atoms with Gasteiger partial charge >= 0.3 is 0 Å². The fourth-order valence-corrected chi connectivity index (χ4v) is 2.94. The molecule has 2 heteroatoms. The van der Waals surface area contributed by atoms with Gasteiger partial charge in [-0.15, -0.1) is 0 Å². The molecular weight excluding hydrogens is 274 g/mol. The Labute approximate surface area is 113 Å². The number of nitrogens with one attached hydrogen (secondary N) is 1. The number of rotatable bonds is 4. The molecule has 1 aromatic rings. The van der Waals surface area contributed by atoms with Crippen molar-refractivity contribution in [1.82, 2.24) is 5.32 Å². The highest BCUT2D eigenvalue weighted by molar-refractivity contribution is 9.10. The van der Waals surface area contributed by atoms with E-state index in [1.54, 1.807) is 0 Å². The first kappa shape index (κ1) is 13.1. The quantitative estimate of drug-likeness (QED) is 0.879. The van der Waals surface area contributed by atoms with Crippen LogP contribution in [-0.2, 0) is 6.42 Å². The third-order valence-electron chi connectivity index (χ3n) is 3.88. The van der Waals surface area contributed by atoms with E-state index in [4.69, 9.17) is 0 Å². The van der Waals surface area contributed by atoms with Crippen LogP contribution in [0.4, 0.5) is 0 Å². The zero-order chi connectivity index (χ0) is 12.1. The van der Waals surface area contributed by atoms with E-state index in [-0.39, 0.29) is 0 Å². The first-order valence-corrected chi connectivity index (χ1v) is 7.55. The van der Waals surface area contributed by atoms with Crippen molar-refractivity contribution in [2.45, 2.75) is 45.1 Å². The van der Waals surface area contributed by atoms with Gasteiger partial charge in [0.2, 0.25) is 0 Å². The second kappa shape index (κ2) is 6.55. The summed E-state index contributed by atoms with van der Waals surface area (Å²) in [4.78, 5) is 0. The molecule has 0 aliphatic carbocycles. The zero-order valence-electron chi connectivity index (χ0n) is 10.6. The van der Waals surface area contributed by atoms with Gasteiger partial charge in [-0.1, -0.05) is 41.4 Å². The molecule has 1 aromatic carbocycles. The topological polar surface area (TPSA) is 12.0 Å². The van der Waals surface area contributed by atoms with Crippen LogP contribution < -0.4 is 5.32 Å². The van der Waals surface area contributed by atoms with E-state index in [0.717, 1.165) is 12.0 Å². The van der Waals surface area contributed by atoms with Gasteiger partial charge in [0, 0.05) is 10.5 Å². The number of benzene rings is 1.